The minimum atomic E-state index is -4.72. The van der Waals surface area contributed by atoms with Crippen molar-refractivity contribution in [3.63, 3.8) is 0 Å². The summed E-state index contributed by atoms with van der Waals surface area (Å²) in [6.45, 7) is 1.47. The smallest absolute Gasteiger partial charge is 0.406 e. The predicted octanol–water partition coefficient (Wildman–Crippen LogP) is 2.05. The number of likely N-dealkylation sites (N-methyl/N-ethyl adjacent to an activating group) is 1. The molecule has 0 saturated carbocycles. The summed E-state index contributed by atoms with van der Waals surface area (Å²) in [6, 6.07) is 5.05. The molecular formula is C12H14ClF3N2O2. The summed E-state index contributed by atoms with van der Waals surface area (Å²) >= 11 is 0. The number of hydrogen-bond donors (Lipinski definition) is 1. The minimum Gasteiger partial charge on any atom is -0.406 e. The van der Waals surface area contributed by atoms with Gasteiger partial charge in [0.1, 0.15) is 5.75 Å². The Balaban J connectivity index is 0.00000200. The third-order valence-corrected chi connectivity index (χ3v) is 2.96. The van der Waals surface area contributed by atoms with Crippen LogP contribution < -0.4 is 10.1 Å². The van der Waals surface area contributed by atoms with Gasteiger partial charge >= 0.3 is 6.36 Å². The molecule has 112 valence electrons. The second-order valence-electron chi connectivity index (χ2n) is 4.30. The molecule has 0 aromatic heterocycles. The van der Waals surface area contributed by atoms with Crippen LogP contribution in [0.1, 0.15) is 10.4 Å². The van der Waals surface area contributed by atoms with Crippen LogP contribution in [0.15, 0.2) is 24.3 Å². The summed E-state index contributed by atoms with van der Waals surface area (Å²) in [7, 11) is 1.67. The maximum Gasteiger partial charge on any atom is 0.573 e. The molecular weight excluding hydrogens is 297 g/mol. The first kappa shape index (κ1) is 16.6. The van der Waals surface area contributed by atoms with E-state index in [-0.39, 0.29) is 30.1 Å². The second kappa shape index (κ2) is 6.32. The van der Waals surface area contributed by atoms with Crippen LogP contribution in [0, 0.1) is 0 Å². The van der Waals surface area contributed by atoms with Gasteiger partial charge in [-0.1, -0.05) is 0 Å². The lowest BCUT2D eigenvalue weighted by Crippen LogP contribution is -2.57. The van der Waals surface area contributed by atoms with Crippen molar-refractivity contribution in [2.45, 2.75) is 12.4 Å². The molecule has 1 saturated heterocycles. The van der Waals surface area contributed by atoms with Crippen LogP contribution >= 0.6 is 12.4 Å². The fourth-order valence-corrected chi connectivity index (χ4v) is 1.72. The number of hydrogen-bond acceptors (Lipinski definition) is 3. The first-order valence-electron chi connectivity index (χ1n) is 5.70. The van der Waals surface area contributed by atoms with Gasteiger partial charge in [-0.2, -0.15) is 0 Å². The van der Waals surface area contributed by atoms with Gasteiger partial charge in [-0.15, -0.1) is 25.6 Å². The Kier molecular flexibility index (Phi) is 5.24. The molecule has 2 rings (SSSR count). The number of halogens is 4. The third-order valence-electron chi connectivity index (χ3n) is 2.96. The van der Waals surface area contributed by atoms with E-state index in [1.807, 2.05) is 0 Å². The fraction of sp³-hybridized carbons (Fsp3) is 0.417. The molecule has 1 aliphatic rings. The van der Waals surface area contributed by atoms with Gasteiger partial charge in [0.15, 0.2) is 0 Å². The van der Waals surface area contributed by atoms with Crippen molar-refractivity contribution < 1.29 is 22.7 Å². The monoisotopic (exact) mass is 310 g/mol. The Morgan fingerprint density at radius 2 is 1.85 bits per heavy atom. The number of carbonyl (C=O) groups excluding carboxylic acids is 1. The average Bonchev–Trinajstić information content (AvgIpc) is 2.24. The van der Waals surface area contributed by atoms with Crippen molar-refractivity contribution in [1.29, 1.82) is 0 Å². The minimum absolute atomic E-state index is 0. The highest BCUT2D eigenvalue weighted by atomic mass is 35.5. The fourth-order valence-electron chi connectivity index (χ4n) is 1.72. The molecule has 1 aromatic rings. The molecule has 1 aliphatic heterocycles. The molecule has 1 amide bonds. The number of rotatable bonds is 3. The van der Waals surface area contributed by atoms with E-state index in [1.165, 1.54) is 12.1 Å². The summed E-state index contributed by atoms with van der Waals surface area (Å²) in [4.78, 5) is 13.6. The van der Waals surface area contributed by atoms with Gasteiger partial charge in [0.05, 0.1) is 6.04 Å². The lowest BCUT2D eigenvalue weighted by atomic mass is 10.1. The van der Waals surface area contributed by atoms with Gasteiger partial charge in [0, 0.05) is 25.7 Å². The highest BCUT2D eigenvalue weighted by Crippen LogP contribution is 2.23. The standard InChI is InChI=1S/C12H13F3N2O2.ClH/c1-17(9-6-16-7-9)11(18)8-2-4-10(5-3-8)19-12(13,14)15;/h2-5,9,16H,6-7H2,1H3;1H. The van der Waals surface area contributed by atoms with Crippen LogP contribution in [-0.2, 0) is 0 Å². The molecule has 0 spiro atoms. The molecule has 8 heteroatoms. The van der Waals surface area contributed by atoms with E-state index < -0.39 is 6.36 Å². The van der Waals surface area contributed by atoms with E-state index >= 15 is 0 Å². The van der Waals surface area contributed by atoms with Gasteiger partial charge in [0.25, 0.3) is 5.91 Å². The molecule has 0 aliphatic carbocycles. The zero-order valence-corrected chi connectivity index (χ0v) is 11.4. The quantitative estimate of drug-likeness (QED) is 0.929. The van der Waals surface area contributed by atoms with E-state index in [9.17, 15) is 18.0 Å². The van der Waals surface area contributed by atoms with Crippen LogP contribution in [0.2, 0.25) is 0 Å². The maximum atomic E-state index is 12.0. The van der Waals surface area contributed by atoms with E-state index in [4.69, 9.17) is 0 Å². The van der Waals surface area contributed by atoms with Crippen molar-refractivity contribution in [2.24, 2.45) is 0 Å². The van der Waals surface area contributed by atoms with Crippen molar-refractivity contribution >= 4 is 18.3 Å². The zero-order chi connectivity index (χ0) is 14.0. The molecule has 0 unspecified atom stereocenters. The average molecular weight is 311 g/mol. The first-order valence-corrected chi connectivity index (χ1v) is 5.70. The van der Waals surface area contributed by atoms with Crippen molar-refractivity contribution in [3.05, 3.63) is 29.8 Å². The van der Waals surface area contributed by atoms with Gasteiger partial charge in [-0.05, 0) is 24.3 Å². The molecule has 1 fully saturated rings. The molecule has 1 N–H and O–H groups in total. The largest absolute Gasteiger partial charge is 0.573 e. The van der Waals surface area contributed by atoms with Crippen LogP contribution in [-0.4, -0.2) is 43.3 Å². The van der Waals surface area contributed by atoms with Crippen molar-refractivity contribution in [1.82, 2.24) is 10.2 Å². The summed E-state index contributed by atoms with van der Waals surface area (Å²) in [5.74, 6) is -0.554. The number of ether oxygens (including phenoxy) is 1. The highest BCUT2D eigenvalue weighted by Gasteiger charge is 2.31. The Morgan fingerprint density at radius 3 is 2.25 bits per heavy atom. The molecule has 4 nitrogen and oxygen atoms in total. The number of nitrogens with zero attached hydrogens (tertiary/aromatic N) is 1. The van der Waals surface area contributed by atoms with Gasteiger partial charge in [-0.25, -0.2) is 0 Å². The van der Waals surface area contributed by atoms with Gasteiger partial charge in [-0.3, -0.25) is 4.79 Å². The lowest BCUT2D eigenvalue weighted by molar-refractivity contribution is -0.274. The van der Waals surface area contributed by atoms with E-state index in [0.29, 0.717) is 5.56 Å². The number of benzene rings is 1. The van der Waals surface area contributed by atoms with E-state index in [1.54, 1.807) is 11.9 Å². The van der Waals surface area contributed by atoms with Crippen LogP contribution in [0.5, 0.6) is 5.75 Å². The van der Waals surface area contributed by atoms with Gasteiger partial charge in [0.2, 0.25) is 0 Å². The SMILES string of the molecule is CN(C(=O)c1ccc(OC(F)(F)F)cc1)C1CNC1.Cl. The number of nitrogens with one attached hydrogen (secondary N) is 1. The summed E-state index contributed by atoms with van der Waals surface area (Å²) < 4.78 is 39.7. The Hall–Kier alpha value is -1.47. The normalized spacial score (nSPS) is 15.0. The number of amides is 1. The van der Waals surface area contributed by atoms with Gasteiger partial charge < -0.3 is 15.0 Å². The zero-order valence-electron chi connectivity index (χ0n) is 10.6. The third kappa shape index (κ3) is 4.01. The number of carbonyl (C=O) groups is 1. The van der Waals surface area contributed by atoms with E-state index in [2.05, 4.69) is 10.1 Å². The first-order chi connectivity index (χ1) is 8.87. The van der Waals surface area contributed by atoms with Crippen molar-refractivity contribution in [3.8, 4) is 5.75 Å². The lowest BCUT2D eigenvalue weighted by Gasteiger charge is -2.35. The van der Waals surface area contributed by atoms with Crippen LogP contribution in [0.25, 0.3) is 0 Å². The Bertz CT molecular complexity index is 461. The van der Waals surface area contributed by atoms with Crippen molar-refractivity contribution in [2.75, 3.05) is 20.1 Å². The molecule has 0 bridgehead atoms. The predicted molar refractivity (Wildman–Crippen MR) is 69.1 cm³/mol. The summed E-state index contributed by atoms with van der Waals surface area (Å²) in [5.41, 5.74) is 0.337. The summed E-state index contributed by atoms with van der Waals surface area (Å²) in [6.07, 6.45) is -4.72. The molecule has 20 heavy (non-hydrogen) atoms. The van der Waals surface area contributed by atoms with E-state index in [0.717, 1.165) is 25.2 Å². The molecule has 0 atom stereocenters. The second-order valence-corrected chi connectivity index (χ2v) is 4.30. The van der Waals surface area contributed by atoms with Crippen LogP contribution in [0.4, 0.5) is 13.2 Å². The number of alkyl halides is 3. The highest BCUT2D eigenvalue weighted by molar-refractivity contribution is 5.94. The maximum absolute atomic E-state index is 12.0. The molecule has 1 aromatic carbocycles. The molecule has 1 heterocycles. The molecule has 0 radical (unpaired) electrons. The Morgan fingerprint density at radius 1 is 1.30 bits per heavy atom. The summed E-state index contributed by atoms with van der Waals surface area (Å²) in [5, 5.41) is 3.04. The Labute approximate surface area is 120 Å². The van der Waals surface area contributed by atoms with Crippen LogP contribution in [0.3, 0.4) is 0 Å². The topological polar surface area (TPSA) is 41.6 Å².